The van der Waals surface area contributed by atoms with E-state index in [1.165, 1.54) is 5.56 Å². The second kappa shape index (κ2) is 5.77. The minimum Gasteiger partial charge on any atom is -0.481 e. The molecule has 0 fully saturated rings. The number of rotatable bonds is 4. The normalized spacial score (nSPS) is 12.0. The monoisotopic (exact) mass is 274 g/mol. The summed E-state index contributed by atoms with van der Waals surface area (Å²) in [5.74, 6) is 1.44. The van der Waals surface area contributed by atoms with Crippen LogP contribution in [0.15, 0.2) is 28.8 Å². The number of ether oxygens (including phenoxy) is 1. The molecule has 0 spiro atoms. The number of carbonyl (C=O) groups excluding carboxylic acids is 1. The smallest absolute Gasteiger partial charge is 0.266 e. The van der Waals surface area contributed by atoms with Gasteiger partial charge in [0.2, 0.25) is 0 Å². The number of benzene rings is 1. The summed E-state index contributed by atoms with van der Waals surface area (Å²) in [5.41, 5.74) is 2.31. The fourth-order valence-corrected chi connectivity index (χ4v) is 1.70. The molecule has 0 saturated heterocycles. The third-order valence-electron chi connectivity index (χ3n) is 3.04. The average molecular weight is 274 g/mol. The van der Waals surface area contributed by atoms with Crippen LogP contribution in [0.25, 0.3) is 0 Å². The molecule has 1 aromatic heterocycles. The molecule has 0 aliphatic heterocycles. The number of hydrogen-bond donors (Lipinski definition) is 1. The maximum atomic E-state index is 12.0. The Morgan fingerprint density at radius 2 is 2.00 bits per heavy atom. The third kappa shape index (κ3) is 3.38. The molecule has 106 valence electrons. The predicted octanol–water partition coefficient (Wildman–Crippen LogP) is 3.01. The average Bonchev–Trinajstić information content (AvgIpc) is 2.79. The van der Waals surface area contributed by atoms with E-state index in [2.05, 4.69) is 10.5 Å². The number of hydrogen-bond acceptors (Lipinski definition) is 4. The molecule has 2 rings (SSSR count). The van der Waals surface area contributed by atoms with E-state index in [0.717, 1.165) is 5.56 Å². The van der Waals surface area contributed by atoms with Crippen molar-refractivity contribution in [1.29, 1.82) is 0 Å². The summed E-state index contributed by atoms with van der Waals surface area (Å²) in [4.78, 5) is 12.0. The van der Waals surface area contributed by atoms with Crippen molar-refractivity contribution in [3.8, 4) is 5.75 Å². The number of aromatic nitrogens is 1. The predicted molar refractivity (Wildman–Crippen MR) is 75.9 cm³/mol. The maximum absolute atomic E-state index is 12.0. The molecule has 0 aliphatic rings. The lowest BCUT2D eigenvalue weighted by atomic mass is 10.1. The SMILES string of the molecule is Cc1cc(NC(=O)C(C)Oc2ccc(C)c(C)c2)no1. The Kier molecular flexibility index (Phi) is 4.08. The van der Waals surface area contributed by atoms with Crippen molar-refractivity contribution >= 4 is 11.7 Å². The fraction of sp³-hybridized carbons (Fsp3) is 0.333. The number of nitrogens with zero attached hydrogens (tertiary/aromatic N) is 1. The molecule has 1 aromatic carbocycles. The van der Waals surface area contributed by atoms with E-state index in [4.69, 9.17) is 9.26 Å². The summed E-state index contributed by atoms with van der Waals surface area (Å²) < 4.78 is 10.5. The topological polar surface area (TPSA) is 64.4 Å². The second-order valence-corrected chi connectivity index (χ2v) is 4.82. The highest BCUT2D eigenvalue weighted by Gasteiger charge is 2.16. The molecule has 20 heavy (non-hydrogen) atoms. The molecular weight excluding hydrogens is 256 g/mol. The van der Waals surface area contributed by atoms with Crippen molar-refractivity contribution in [3.05, 3.63) is 41.2 Å². The number of aryl methyl sites for hydroxylation is 3. The molecule has 1 atom stereocenters. The molecule has 0 bridgehead atoms. The molecule has 2 aromatic rings. The van der Waals surface area contributed by atoms with Crippen LogP contribution in [0, 0.1) is 20.8 Å². The van der Waals surface area contributed by atoms with Gasteiger partial charge >= 0.3 is 0 Å². The van der Waals surface area contributed by atoms with Crippen molar-refractivity contribution in [3.63, 3.8) is 0 Å². The molecule has 0 radical (unpaired) electrons. The van der Waals surface area contributed by atoms with Gasteiger partial charge in [-0.3, -0.25) is 4.79 Å². The molecule has 0 saturated carbocycles. The number of carbonyl (C=O) groups is 1. The fourth-order valence-electron chi connectivity index (χ4n) is 1.70. The zero-order valence-corrected chi connectivity index (χ0v) is 12.1. The Morgan fingerprint density at radius 3 is 2.60 bits per heavy atom. The zero-order chi connectivity index (χ0) is 14.7. The van der Waals surface area contributed by atoms with E-state index in [9.17, 15) is 4.79 Å². The van der Waals surface area contributed by atoms with Crippen LogP contribution in [0.1, 0.15) is 23.8 Å². The summed E-state index contributed by atoms with van der Waals surface area (Å²) in [6, 6.07) is 7.39. The van der Waals surface area contributed by atoms with E-state index in [1.807, 2.05) is 32.0 Å². The summed E-state index contributed by atoms with van der Waals surface area (Å²) >= 11 is 0. The van der Waals surface area contributed by atoms with Crippen molar-refractivity contribution in [2.75, 3.05) is 5.32 Å². The van der Waals surface area contributed by atoms with Crippen LogP contribution in [0.4, 0.5) is 5.82 Å². The van der Waals surface area contributed by atoms with Crippen molar-refractivity contribution in [2.24, 2.45) is 0 Å². The van der Waals surface area contributed by atoms with Gasteiger partial charge in [-0.2, -0.15) is 0 Å². The Morgan fingerprint density at radius 1 is 1.25 bits per heavy atom. The second-order valence-electron chi connectivity index (χ2n) is 4.82. The molecule has 1 amide bonds. The summed E-state index contributed by atoms with van der Waals surface area (Å²) in [6.45, 7) is 7.49. The lowest BCUT2D eigenvalue weighted by molar-refractivity contribution is -0.122. The molecule has 1 N–H and O–H groups in total. The zero-order valence-electron chi connectivity index (χ0n) is 12.1. The van der Waals surface area contributed by atoms with E-state index < -0.39 is 6.10 Å². The van der Waals surface area contributed by atoms with Crippen molar-refractivity contribution in [2.45, 2.75) is 33.8 Å². The van der Waals surface area contributed by atoms with Gasteiger partial charge in [0.25, 0.3) is 5.91 Å². The first-order valence-corrected chi connectivity index (χ1v) is 6.44. The van der Waals surface area contributed by atoms with Gasteiger partial charge in [-0.25, -0.2) is 0 Å². The van der Waals surface area contributed by atoms with Gasteiger partial charge in [-0.15, -0.1) is 0 Å². The molecule has 0 aliphatic carbocycles. The number of amides is 1. The Bertz CT molecular complexity index is 619. The largest absolute Gasteiger partial charge is 0.481 e. The molecular formula is C15H18N2O3. The van der Waals surface area contributed by atoms with Crippen LogP contribution >= 0.6 is 0 Å². The van der Waals surface area contributed by atoms with Crippen LogP contribution in [-0.4, -0.2) is 17.2 Å². The highest BCUT2D eigenvalue weighted by molar-refractivity contribution is 5.93. The number of anilines is 1. The Hall–Kier alpha value is -2.30. The lowest BCUT2D eigenvalue weighted by Crippen LogP contribution is -2.30. The first-order chi connectivity index (χ1) is 9.45. The highest BCUT2D eigenvalue weighted by atomic mass is 16.5. The van der Waals surface area contributed by atoms with Gasteiger partial charge in [-0.1, -0.05) is 11.2 Å². The van der Waals surface area contributed by atoms with Crippen LogP contribution in [-0.2, 0) is 4.79 Å². The van der Waals surface area contributed by atoms with Crippen LogP contribution in [0.2, 0.25) is 0 Å². The van der Waals surface area contributed by atoms with Gasteiger partial charge in [0.15, 0.2) is 11.9 Å². The summed E-state index contributed by atoms with van der Waals surface area (Å²) in [5, 5.41) is 6.35. The van der Waals surface area contributed by atoms with E-state index in [1.54, 1.807) is 19.9 Å². The van der Waals surface area contributed by atoms with Crippen molar-refractivity contribution < 1.29 is 14.1 Å². The van der Waals surface area contributed by atoms with Gasteiger partial charge in [0.1, 0.15) is 11.5 Å². The van der Waals surface area contributed by atoms with Crippen molar-refractivity contribution in [1.82, 2.24) is 5.16 Å². The Labute approximate surface area is 117 Å². The summed E-state index contributed by atoms with van der Waals surface area (Å²) in [6.07, 6.45) is -0.617. The molecule has 5 heteroatoms. The van der Waals surface area contributed by atoms with E-state index >= 15 is 0 Å². The van der Waals surface area contributed by atoms with E-state index in [-0.39, 0.29) is 5.91 Å². The van der Waals surface area contributed by atoms with Crippen LogP contribution < -0.4 is 10.1 Å². The maximum Gasteiger partial charge on any atom is 0.266 e. The first-order valence-electron chi connectivity index (χ1n) is 6.44. The first kappa shape index (κ1) is 14.1. The standard InChI is InChI=1S/C15H18N2O3/c1-9-5-6-13(7-10(9)2)19-12(4)15(18)16-14-8-11(3)20-17-14/h5-8,12H,1-4H3,(H,16,17,18). The van der Waals surface area contributed by atoms with Gasteiger partial charge in [0, 0.05) is 6.07 Å². The van der Waals surface area contributed by atoms with Crippen LogP contribution in [0.3, 0.4) is 0 Å². The van der Waals surface area contributed by atoms with Gasteiger partial charge < -0.3 is 14.6 Å². The highest BCUT2D eigenvalue weighted by Crippen LogP contribution is 2.18. The minimum absolute atomic E-state index is 0.267. The van der Waals surface area contributed by atoms with E-state index in [0.29, 0.717) is 17.3 Å². The molecule has 5 nitrogen and oxygen atoms in total. The number of nitrogens with one attached hydrogen (secondary N) is 1. The Balaban J connectivity index is 1.98. The third-order valence-corrected chi connectivity index (χ3v) is 3.04. The molecule has 1 unspecified atom stereocenters. The summed E-state index contributed by atoms with van der Waals surface area (Å²) in [7, 11) is 0. The minimum atomic E-state index is -0.617. The van der Waals surface area contributed by atoms with Gasteiger partial charge in [0.05, 0.1) is 0 Å². The van der Waals surface area contributed by atoms with Gasteiger partial charge in [-0.05, 0) is 51.0 Å². The quantitative estimate of drug-likeness (QED) is 0.930. The lowest BCUT2D eigenvalue weighted by Gasteiger charge is -2.14. The molecule has 1 heterocycles. The van der Waals surface area contributed by atoms with Crippen LogP contribution in [0.5, 0.6) is 5.75 Å².